The van der Waals surface area contributed by atoms with Gasteiger partial charge < -0.3 is 14.0 Å². The van der Waals surface area contributed by atoms with Crippen molar-refractivity contribution in [1.82, 2.24) is 9.55 Å². The van der Waals surface area contributed by atoms with Gasteiger partial charge in [-0.2, -0.15) is 15.5 Å². The summed E-state index contributed by atoms with van der Waals surface area (Å²) >= 11 is 1.44. The lowest BCUT2D eigenvalue weighted by atomic mass is 9.91. The minimum absolute atomic E-state index is 0. The number of thioether (sulfide) groups is 1. The van der Waals surface area contributed by atoms with Crippen molar-refractivity contribution in [2.75, 3.05) is 19.0 Å². The highest BCUT2D eigenvalue weighted by Gasteiger charge is 2.27. The predicted molar refractivity (Wildman–Crippen MR) is 263 cm³/mol. The standard InChI is InChI=1S/C17H13N3O3.C13H8N2.C12H7N3S.C11H7NO2.CH4/c1-2-23-17(22)14-10-20-9-13(11-6-4-3-5-7-11)12(8-18)15(20)19-16(14)21;1-15-13(9-14)12-8-4-6-10-5-2-3-7-11(10)12;1-14-10(7-13)12-15-11(8-16-12)9-5-3-2-4-6-9;12-6-9-10(7-14-11(9)13)8-4-2-1-3-5-8;/h3-7,10H,2,9H2,1H3;2-5,7-8H,6H2;2-6H,8H2;1-5H,7H2;1H4/b;13-12+;12-10-;;. The summed E-state index contributed by atoms with van der Waals surface area (Å²) in [4.78, 5) is 49.6. The van der Waals surface area contributed by atoms with E-state index < -0.39 is 17.5 Å². The Kier molecular flexibility index (Phi) is 18.0. The van der Waals surface area contributed by atoms with Crippen LogP contribution in [0.2, 0.25) is 0 Å². The zero-order valence-corrected chi connectivity index (χ0v) is 37.0. The van der Waals surface area contributed by atoms with Crippen LogP contribution in [-0.4, -0.2) is 46.2 Å². The number of hydrogen-bond acceptors (Lipinski definition) is 12. The second-order valence-corrected chi connectivity index (χ2v) is 15.2. The number of benzene rings is 4. The zero-order chi connectivity index (χ0) is 48.4. The molecule has 0 unspecified atom stereocenters. The van der Waals surface area contributed by atoms with Crippen LogP contribution >= 0.6 is 11.8 Å². The van der Waals surface area contributed by atoms with Crippen LogP contribution in [0.5, 0.6) is 0 Å². The molecule has 336 valence electrons. The van der Waals surface area contributed by atoms with Crippen molar-refractivity contribution in [1.29, 1.82) is 21.0 Å². The molecule has 0 spiro atoms. The highest BCUT2D eigenvalue weighted by atomic mass is 32.2. The van der Waals surface area contributed by atoms with E-state index in [0.717, 1.165) is 51.3 Å². The third-order valence-corrected chi connectivity index (χ3v) is 11.2. The lowest BCUT2D eigenvalue weighted by Crippen LogP contribution is -2.23. The van der Waals surface area contributed by atoms with Crippen molar-refractivity contribution in [3.8, 4) is 24.3 Å². The third kappa shape index (κ3) is 12.0. The lowest BCUT2D eigenvalue weighted by Gasteiger charge is -2.13. The summed E-state index contributed by atoms with van der Waals surface area (Å²) in [5.41, 5.74) is 8.03. The number of ether oxygens (including phenoxy) is 2. The van der Waals surface area contributed by atoms with E-state index in [0.29, 0.717) is 22.7 Å². The van der Waals surface area contributed by atoms with Crippen molar-refractivity contribution >= 4 is 51.7 Å². The van der Waals surface area contributed by atoms with Gasteiger partial charge in [-0.25, -0.2) is 29.8 Å². The predicted octanol–water partition coefficient (Wildman–Crippen LogP) is 9.81. The number of rotatable bonds is 5. The summed E-state index contributed by atoms with van der Waals surface area (Å²) in [6.07, 6.45) is 6.13. The Hall–Kier alpha value is -9.64. The minimum Gasteiger partial charge on any atom is -0.462 e. The summed E-state index contributed by atoms with van der Waals surface area (Å²) in [6, 6.07) is 44.2. The number of aliphatic imine (C=N–C) groups is 1. The Morgan fingerprint density at radius 1 is 0.797 bits per heavy atom. The maximum atomic E-state index is 12.0. The maximum absolute atomic E-state index is 12.0. The molecule has 0 radical (unpaired) electrons. The summed E-state index contributed by atoms with van der Waals surface area (Å²) in [6.45, 7) is 16.2. The third-order valence-electron chi connectivity index (χ3n) is 10.2. The Balaban J connectivity index is 0.000000174. The molecular formula is C54H39N9O5S. The number of esters is 2. The van der Waals surface area contributed by atoms with Gasteiger partial charge in [-0.05, 0) is 46.7 Å². The number of aromatic nitrogens is 2. The van der Waals surface area contributed by atoms with Crippen molar-refractivity contribution in [3.05, 3.63) is 228 Å². The summed E-state index contributed by atoms with van der Waals surface area (Å²) in [5, 5.41) is 36.3. The van der Waals surface area contributed by atoms with Crippen LogP contribution in [0.3, 0.4) is 0 Å². The van der Waals surface area contributed by atoms with Crippen LogP contribution in [0.1, 0.15) is 58.4 Å². The van der Waals surface area contributed by atoms with Gasteiger partial charge in [0.15, 0.2) is 5.82 Å². The molecule has 4 aliphatic rings. The van der Waals surface area contributed by atoms with Crippen molar-refractivity contribution < 1.29 is 19.1 Å². The van der Waals surface area contributed by atoms with E-state index in [1.807, 2.05) is 146 Å². The second kappa shape index (κ2) is 24.6. The number of hydrogen-bond donors (Lipinski definition) is 0. The highest BCUT2D eigenvalue weighted by molar-refractivity contribution is 8.04. The first kappa shape index (κ1) is 50.4. The number of cyclic esters (lactones) is 1. The number of allylic oxidation sites excluding steroid dienone is 7. The SMILES string of the molecule is C.CCOC(=O)c1cn2c(nc1=O)C(C#N)=C(c1ccccc1)C2.N#CC1=C(c2ccccc2)COC1=O.[C-]#[N+]/C(C#N)=C1/N=C(c2ccccc2)CS1.[C-]#[N+]/C(C#N)=C1\C=CCc2ccccc21. The summed E-state index contributed by atoms with van der Waals surface area (Å²) in [7, 11) is 0. The van der Waals surface area contributed by atoms with Crippen LogP contribution in [0, 0.1) is 58.5 Å². The van der Waals surface area contributed by atoms with Gasteiger partial charge in [-0.3, -0.25) is 9.79 Å². The van der Waals surface area contributed by atoms with E-state index >= 15 is 0 Å². The number of carbonyl (C=O) groups is 2. The molecule has 1 aliphatic carbocycles. The molecule has 15 heteroatoms. The molecule has 4 aromatic carbocycles. The largest absolute Gasteiger partial charge is 0.462 e. The molecule has 0 saturated carbocycles. The Labute approximate surface area is 403 Å². The highest BCUT2D eigenvalue weighted by Crippen LogP contribution is 2.33. The molecular weight excluding hydrogens is 887 g/mol. The first-order valence-electron chi connectivity index (χ1n) is 20.6. The Morgan fingerprint density at radius 3 is 1.96 bits per heavy atom. The number of nitrogens with zero attached hydrogens (tertiary/aromatic N) is 9. The molecule has 9 rings (SSSR count). The number of carbonyl (C=O) groups excluding carboxylic acids is 2. The van der Waals surface area contributed by atoms with Crippen LogP contribution in [0.4, 0.5) is 0 Å². The second-order valence-electron chi connectivity index (χ2n) is 14.2. The van der Waals surface area contributed by atoms with Crippen molar-refractivity contribution in [2.24, 2.45) is 4.99 Å². The molecule has 3 aliphatic heterocycles. The van der Waals surface area contributed by atoms with Gasteiger partial charge in [-0.1, -0.05) is 135 Å². The molecule has 0 bridgehead atoms. The van der Waals surface area contributed by atoms with Gasteiger partial charge in [0, 0.05) is 23.1 Å². The van der Waals surface area contributed by atoms with Gasteiger partial charge in [0.2, 0.25) is 0 Å². The number of nitriles is 4. The van der Waals surface area contributed by atoms with Crippen LogP contribution in [-0.2, 0) is 27.2 Å². The van der Waals surface area contributed by atoms with E-state index in [1.165, 1.54) is 23.5 Å². The quantitative estimate of drug-likeness (QED) is 0.0922. The van der Waals surface area contributed by atoms with Crippen LogP contribution in [0.25, 0.3) is 32.0 Å². The average Bonchev–Trinajstić information content (AvgIpc) is 4.13. The van der Waals surface area contributed by atoms with Gasteiger partial charge >= 0.3 is 11.9 Å². The van der Waals surface area contributed by atoms with Crippen molar-refractivity contribution in [2.45, 2.75) is 27.3 Å². The molecule has 0 N–H and O–H groups in total. The zero-order valence-electron chi connectivity index (χ0n) is 36.2. The van der Waals surface area contributed by atoms with Gasteiger partial charge in [-0.15, -0.1) is 11.8 Å². The molecule has 69 heavy (non-hydrogen) atoms. The van der Waals surface area contributed by atoms with E-state index in [2.05, 4.69) is 25.7 Å². The minimum atomic E-state index is -0.702. The van der Waals surface area contributed by atoms with Gasteiger partial charge in [0.1, 0.15) is 40.5 Å². The monoisotopic (exact) mass is 925 g/mol. The van der Waals surface area contributed by atoms with E-state index in [-0.39, 0.29) is 49.0 Å². The first-order valence-corrected chi connectivity index (χ1v) is 21.6. The fourth-order valence-corrected chi connectivity index (χ4v) is 7.88. The van der Waals surface area contributed by atoms with Crippen LogP contribution in [0.15, 0.2) is 165 Å². The fraction of sp³-hybridized carbons (Fsp3) is 0.130. The molecule has 0 saturated heterocycles. The molecule has 0 atom stereocenters. The van der Waals surface area contributed by atoms with E-state index in [4.69, 9.17) is 38.4 Å². The van der Waals surface area contributed by atoms with E-state index in [9.17, 15) is 19.6 Å². The van der Waals surface area contributed by atoms with Crippen LogP contribution < -0.4 is 5.56 Å². The van der Waals surface area contributed by atoms with E-state index in [1.54, 1.807) is 11.5 Å². The fourth-order valence-electron chi connectivity index (χ4n) is 6.97. The molecule has 5 aromatic rings. The summed E-state index contributed by atoms with van der Waals surface area (Å²) in [5.74, 6) is -0.220. The lowest BCUT2D eigenvalue weighted by molar-refractivity contribution is -0.135. The Morgan fingerprint density at radius 2 is 1.38 bits per heavy atom. The molecule has 4 heterocycles. The topological polar surface area (TPSA) is 204 Å². The van der Waals surface area contributed by atoms with Gasteiger partial charge in [0.05, 0.1) is 44.1 Å². The summed E-state index contributed by atoms with van der Waals surface area (Å²) < 4.78 is 11.3. The van der Waals surface area contributed by atoms with Crippen molar-refractivity contribution in [3.63, 3.8) is 0 Å². The molecule has 1 aromatic heterocycles. The first-order chi connectivity index (χ1) is 33.2. The smallest absolute Gasteiger partial charge is 0.349 e. The average molecular weight is 926 g/mol. The molecule has 0 fully saturated rings. The maximum Gasteiger partial charge on any atom is 0.349 e. The Bertz CT molecular complexity index is 3280. The molecule has 14 nitrogen and oxygen atoms in total. The van der Waals surface area contributed by atoms with Gasteiger partial charge in [0.25, 0.3) is 17.0 Å². The molecule has 0 amide bonds. The normalized spacial score (nSPS) is 14.8. The number of fused-ring (bicyclic) bond motifs is 2.